The van der Waals surface area contributed by atoms with Gasteiger partial charge in [-0.15, -0.1) is 11.3 Å². The molecule has 244 valence electrons. The number of amides is 3. The van der Waals surface area contributed by atoms with E-state index in [0.29, 0.717) is 24.8 Å². The highest BCUT2D eigenvalue weighted by Gasteiger charge is 2.45. The number of anilines is 1. The first-order chi connectivity index (χ1) is 21.9. The van der Waals surface area contributed by atoms with Crippen LogP contribution < -0.4 is 21.3 Å². The number of nitrogens with one attached hydrogen (secondary N) is 4. The third kappa shape index (κ3) is 8.46. The molecule has 0 fully saturated rings. The van der Waals surface area contributed by atoms with E-state index in [0.717, 1.165) is 28.2 Å². The Labute approximate surface area is 276 Å². The fourth-order valence-corrected chi connectivity index (χ4v) is 6.49. The van der Waals surface area contributed by atoms with Crippen LogP contribution in [0.2, 0.25) is 0 Å². The third-order valence-electron chi connectivity index (χ3n) is 7.81. The van der Waals surface area contributed by atoms with Crippen molar-refractivity contribution in [1.82, 2.24) is 16.0 Å². The lowest BCUT2D eigenvalue weighted by atomic mass is 9.86. The average molecular weight is 667 g/mol. The normalized spacial score (nSPS) is 16.5. The Morgan fingerprint density at radius 3 is 2.28 bits per heavy atom. The number of fused-ring (bicyclic) bond motifs is 1. The molecule has 1 aromatic heterocycles. The molecule has 1 unspecified atom stereocenters. The Kier molecular flexibility index (Phi) is 11.5. The van der Waals surface area contributed by atoms with Gasteiger partial charge in [-0.05, 0) is 65.1 Å². The van der Waals surface area contributed by atoms with E-state index in [9.17, 15) is 29.1 Å². The topological polar surface area (TPSA) is 174 Å². The molecule has 1 aliphatic rings. The lowest BCUT2D eigenvalue weighted by Gasteiger charge is -2.32. The quantitative estimate of drug-likeness (QED) is 0.121. The first-order valence-electron chi connectivity index (χ1n) is 14.9. The SMILES string of the molecule is CC(C)C[C@H](NC(=O)C1(Cc2ccsc2C(=O)O)Cc2ccccc2N1)C(=O)N[C@@H](CS)C(=O)NCCc1ccc(C(=O)O)cc1. The maximum absolute atomic E-state index is 14.1. The number of thiophene rings is 1. The third-order valence-corrected chi connectivity index (χ3v) is 9.12. The zero-order chi connectivity index (χ0) is 33.4. The van der Waals surface area contributed by atoms with Crippen molar-refractivity contribution in [1.29, 1.82) is 0 Å². The van der Waals surface area contributed by atoms with E-state index in [1.807, 2.05) is 38.1 Å². The summed E-state index contributed by atoms with van der Waals surface area (Å²) in [6, 6.07) is 13.6. The average Bonchev–Trinajstić information content (AvgIpc) is 3.64. The molecule has 0 saturated carbocycles. The van der Waals surface area contributed by atoms with Gasteiger partial charge in [-0.1, -0.05) is 44.2 Å². The summed E-state index contributed by atoms with van der Waals surface area (Å²) >= 11 is 5.36. The molecule has 6 N–H and O–H groups in total. The molecule has 0 radical (unpaired) electrons. The van der Waals surface area contributed by atoms with E-state index >= 15 is 0 Å². The first kappa shape index (κ1) is 34.5. The summed E-state index contributed by atoms with van der Waals surface area (Å²) < 4.78 is 0. The molecular weight excluding hydrogens is 629 g/mol. The predicted octanol–water partition coefficient (Wildman–Crippen LogP) is 3.40. The molecule has 4 rings (SSSR count). The van der Waals surface area contributed by atoms with Crippen LogP contribution >= 0.6 is 24.0 Å². The number of hydrogen-bond donors (Lipinski definition) is 7. The maximum atomic E-state index is 14.1. The van der Waals surface area contributed by atoms with Gasteiger partial charge in [0.2, 0.25) is 17.7 Å². The lowest BCUT2D eigenvalue weighted by molar-refractivity contribution is -0.133. The summed E-state index contributed by atoms with van der Waals surface area (Å²) in [5.41, 5.74) is 1.95. The maximum Gasteiger partial charge on any atom is 0.346 e. The number of carbonyl (C=O) groups excluding carboxylic acids is 3. The van der Waals surface area contributed by atoms with Gasteiger partial charge in [0.1, 0.15) is 22.5 Å². The Hall–Kier alpha value is -4.36. The summed E-state index contributed by atoms with van der Waals surface area (Å²) in [5.74, 6) is -3.48. The van der Waals surface area contributed by atoms with Crippen LogP contribution in [0.25, 0.3) is 0 Å². The van der Waals surface area contributed by atoms with Crippen LogP contribution in [-0.2, 0) is 33.6 Å². The van der Waals surface area contributed by atoms with Gasteiger partial charge < -0.3 is 31.5 Å². The number of para-hydroxylation sites is 1. The van der Waals surface area contributed by atoms with Crippen LogP contribution in [-0.4, -0.2) is 69.8 Å². The number of carboxylic acids is 2. The Morgan fingerprint density at radius 1 is 0.935 bits per heavy atom. The van der Waals surface area contributed by atoms with E-state index in [-0.39, 0.29) is 35.1 Å². The van der Waals surface area contributed by atoms with Gasteiger partial charge in [0.15, 0.2) is 0 Å². The highest BCUT2D eigenvalue weighted by Crippen LogP contribution is 2.36. The van der Waals surface area contributed by atoms with Crippen molar-refractivity contribution in [2.75, 3.05) is 17.6 Å². The van der Waals surface area contributed by atoms with E-state index in [2.05, 4.69) is 33.9 Å². The first-order valence-corrected chi connectivity index (χ1v) is 16.4. The molecule has 2 aromatic carbocycles. The molecule has 0 aliphatic carbocycles. The van der Waals surface area contributed by atoms with Crippen LogP contribution in [0.3, 0.4) is 0 Å². The monoisotopic (exact) mass is 666 g/mol. The van der Waals surface area contributed by atoms with Gasteiger partial charge in [0.25, 0.3) is 0 Å². The number of rotatable bonds is 15. The number of thiol groups is 1. The number of carbonyl (C=O) groups is 5. The largest absolute Gasteiger partial charge is 0.478 e. The summed E-state index contributed by atoms with van der Waals surface area (Å²) in [4.78, 5) is 63.8. The van der Waals surface area contributed by atoms with Gasteiger partial charge in [0, 0.05) is 30.8 Å². The molecule has 2 heterocycles. The molecule has 0 bridgehead atoms. The van der Waals surface area contributed by atoms with Crippen molar-refractivity contribution in [3.8, 4) is 0 Å². The highest BCUT2D eigenvalue weighted by molar-refractivity contribution is 7.80. The zero-order valence-electron chi connectivity index (χ0n) is 25.5. The van der Waals surface area contributed by atoms with Crippen LogP contribution in [0, 0.1) is 5.92 Å². The van der Waals surface area contributed by atoms with Crippen molar-refractivity contribution in [2.45, 2.75) is 57.2 Å². The van der Waals surface area contributed by atoms with Crippen LogP contribution in [0.15, 0.2) is 60.0 Å². The molecule has 3 amide bonds. The Bertz CT molecular complexity index is 1560. The number of benzene rings is 2. The molecule has 1 aliphatic heterocycles. The van der Waals surface area contributed by atoms with Crippen molar-refractivity contribution >= 4 is 59.3 Å². The minimum absolute atomic E-state index is 0.0180. The fraction of sp³-hybridized carbons (Fsp3) is 0.364. The van der Waals surface area contributed by atoms with Crippen LogP contribution in [0.5, 0.6) is 0 Å². The molecule has 3 aromatic rings. The molecule has 0 spiro atoms. The summed E-state index contributed by atoms with van der Waals surface area (Å²) in [6.45, 7) is 4.09. The molecule has 11 nitrogen and oxygen atoms in total. The molecule has 3 atom stereocenters. The van der Waals surface area contributed by atoms with Gasteiger partial charge >= 0.3 is 11.9 Å². The van der Waals surface area contributed by atoms with Gasteiger partial charge in [-0.25, -0.2) is 9.59 Å². The van der Waals surface area contributed by atoms with Gasteiger partial charge in [0.05, 0.1) is 5.56 Å². The zero-order valence-corrected chi connectivity index (χ0v) is 27.3. The molecule has 13 heteroatoms. The Morgan fingerprint density at radius 2 is 1.65 bits per heavy atom. The van der Waals surface area contributed by atoms with E-state index in [1.54, 1.807) is 23.6 Å². The fourth-order valence-electron chi connectivity index (χ4n) is 5.47. The summed E-state index contributed by atoms with van der Waals surface area (Å²) in [5, 5.41) is 32.2. The minimum Gasteiger partial charge on any atom is -0.478 e. The van der Waals surface area contributed by atoms with Gasteiger partial charge in [-0.3, -0.25) is 14.4 Å². The number of hydrogen-bond acceptors (Lipinski definition) is 8. The minimum atomic E-state index is -1.24. The van der Waals surface area contributed by atoms with Crippen molar-refractivity contribution in [3.63, 3.8) is 0 Å². The highest BCUT2D eigenvalue weighted by atomic mass is 32.1. The standard InChI is InChI=1S/C33H38N4O7S2/c1-19(2)15-25(29(39)35-26(18-45)28(38)34-13-11-20-7-9-21(10-8-20)30(40)41)36-32(44)33(16-22-5-3-4-6-24(22)37-33)17-23-12-14-46-27(23)31(42)43/h3-10,12,14,19,25-26,37,45H,11,13,15-18H2,1-2H3,(H,34,38)(H,35,39)(H,36,44)(H,40,41)(H,42,43)/t25-,26-,33?/m0/s1. The number of aromatic carboxylic acids is 2. The second kappa shape index (κ2) is 15.3. The molecule has 46 heavy (non-hydrogen) atoms. The summed E-state index contributed by atoms with van der Waals surface area (Å²) in [6.07, 6.45) is 1.14. The summed E-state index contributed by atoms with van der Waals surface area (Å²) in [7, 11) is 0. The predicted molar refractivity (Wildman–Crippen MR) is 179 cm³/mol. The van der Waals surface area contributed by atoms with E-state index < -0.39 is 47.3 Å². The van der Waals surface area contributed by atoms with Crippen molar-refractivity contribution in [2.24, 2.45) is 5.92 Å². The van der Waals surface area contributed by atoms with Crippen molar-refractivity contribution in [3.05, 3.63) is 87.1 Å². The van der Waals surface area contributed by atoms with E-state index in [4.69, 9.17) is 5.11 Å². The molecule has 0 saturated heterocycles. The van der Waals surface area contributed by atoms with E-state index in [1.165, 1.54) is 12.1 Å². The smallest absolute Gasteiger partial charge is 0.346 e. The van der Waals surface area contributed by atoms with Crippen molar-refractivity contribution < 1.29 is 34.2 Å². The lowest BCUT2D eigenvalue weighted by Crippen LogP contribution is -2.60. The van der Waals surface area contributed by atoms with Crippen LogP contribution in [0.4, 0.5) is 5.69 Å². The molecular formula is C33H38N4O7S2. The van der Waals surface area contributed by atoms with Gasteiger partial charge in [-0.2, -0.15) is 12.6 Å². The van der Waals surface area contributed by atoms with Crippen LogP contribution in [0.1, 0.15) is 57.0 Å². The number of carboxylic acid groups (broad SMARTS) is 2. The second-order valence-electron chi connectivity index (χ2n) is 11.7. The Balaban J connectivity index is 1.45. The second-order valence-corrected chi connectivity index (χ2v) is 13.0.